The maximum Gasteiger partial charge on any atom is 0.115 e. The van der Waals surface area contributed by atoms with Crippen LogP contribution in [0.2, 0.25) is 0 Å². The Balaban J connectivity index is 1.84. The van der Waals surface area contributed by atoms with Crippen LogP contribution in [0.1, 0.15) is 5.56 Å². The molecule has 0 aliphatic carbocycles. The van der Waals surface area contributed by atoms with E-state index in [4.69, 9.17) is 0 Å². The highest BCUT2D eigenvalue weighted by Crippen LogP contribution is 2.22. The number of hydrogen-bond donors (Lipinski definition) is 2. The summed E-state index contributed by atoms with van der Waals surface area (Å²) >= 11 is 0. The molecule has 96 valence electrons. The Kier molecular flexibility index (Phi) is 2.88. The molecule has 0 atom stereocenters. The molecule has 0 saturated heterocycles. The number of nitrogens with one attached hydrogen (secondary N) is 1. The maximum atomic E-state index is 9.26. The molecule has 19 heavy (non-hydrogen) atoms. The fourth-order valence-corrected chi connectivity index (χ4v) is 2.34. The third-order valence-electron chi connectivity index (χ3n) is 3.33. The number of para-hydroxylation sites is 1. The second-order valence-electron chi connectivity index (χ2n) is 4.68. The van der Waals surface area contributed by atoms with Crippen molar-refractivity contribution in [3.63, 3.8) is 0 Å². The zero-order valence-electron chi connectivity index (χ0n) is 10.8. The van der Waals surface area contributed by atoms with Gasteiger partial charge in [0.15, 0.2) is 0 Å². The number of aromatic hydroxyl groups is 1. The number of hydrogen-bond acceptors (Lipinski definition) is 2. The summed E-state index contributed by atoms with van der Waals surface area (Å²) in [4.78, 5) is 0. The number of nitrogens with zero attached hydrogens (tertiary/aromatic N) is 1. The van der Waals surface area contributed by atoms with Crippen LogP contribution in [0, 0.1) is 0 Å². The summed E-state index contributed by atoms with van der Waals surface area (Å²) in [5.74, 6) is 0.288. The summed E-state index contributed by atoms with van der Waals surface area (Å²) in [5, 5.41) is 13.9. The molecule has 0 aliphatic heterocycles. The molecule has 0 amide bonds. The fourth-order valence-electron chi connectivity index (χ4n) is 2.34. The van der Waals surface area contributed by atoms with Gasteiger partial charge in [-0.15, -0.1) is 0 Å². The van der Waals surface area contributed by atoms with Crippen molar-refractivity contribution in [3.8, 4) is 5.75 Å². The molecular formula is C16H16N2O. The normalized spacial score (nSPS) is 10.8. The Bertz CT molecular complexity index is 698. The van der Waals surface area contributed by atoms with Crippen molar-refractivity contribution < 1.29 is 5.11 Å². The van der Waals surface area contributed by atoms with E-state index >= 15 is 0 Å². The van der Waals surface area contributed by atoms with E-state index in [1.54, 1.807) is 12.1 Å². The molecular weight excluding hydrogens is 236 g/mol. The third kappa shape index (κ3) is 2.27. The number of rotatable bonds is 3. The van der Waals surface area contributed by atoms with E-state index in [0.29, 0.717) is 0 Å². The van der Waals surface area contributed by atoms with Gasteiger partial charge in [-0.2, -0.15) is 0 Å². The highest BCUT2D eigenvalue weighted by molar-refractivity contribution is 5.84. The molecule has 2 N–H and O–H groups in total. The Morgan fingerprint density at radius 3 is 2.58 bits per heavy atom. The average molecular weight is 252 g/mol. The van der Waals surface area contributed by atoms with Crippen LogP contribution in [0.25, 0.3) is 10.9 Å². The van der Waals surface area contributed by atoms with Crippen LogP contribution in [0.3, 0.4) is 0 Å². The predicted molar refractivity (Wildman–Crippen MR) is 78.4 cm³/mol. The van der Waals surface area contributed by atoms with Gasteiger partial charge in [0, 0.05) is 36.4 Å². The molecule has 0 spiro atoms. The second-order valence-corrected chi connectivity index (χ2v) is 4.68. The van der Waals surface area contributed by atoms with Gasteiger partial charge in [-0.25, -0.2) is 0 Å². The van der Waals surface area contributed by atoms with E-state index < -0.39 is 0 Å². The predicted octanol–water partition coefficient (Wildman–Crippen LogP) is 3.50. The Morgan fingerprint density at radius 2 is 1.79 bits per heavy atom. The summed E-state index contributed by atoms with van der Waals surface area (Å²) in [7, 11) is 2.06. The minimum absolute atomic E-state index is 0.288. The van der Waals surface area contributed by atoms with Crippen molar-refractivity contribution in [1.82, 2.24) is 4.57 Å². The Morgan fingerprint density at radius 1 is 1.05 bits per heavy atom. The van der Waals surface area contributed by atoms with E-state index in [1.807, 2.05) is 12.1 Å². The lowest BCUT2D eigenvalue weighted by atomic mass is 10.2. The highest BCUT2D eigenvalue weighted by Gasteiger charge is 2.05. The number of phenols is 1. The molecule has 0 aliphatic rings. The lowest BCUT2D eigenvalue weighted by molar-refractivity contribution is 0.475. The van der Waals surface area contributed by atoms with Crippen molar-refractivity contribution >= 4 is 16.6 Å². The van der Waals surface area contributed by atoms with Crippen LogP contribution >= 0.6 is 0 Å². The van der Waals surface area contributed by atoms with Crippen LogP contribution in [0.15, 0.2) is 54.7 Å². The molecule has 0 fully saturated rings. The van der Waals surface area contributed by atoms with Crippen molar-refractivity contribution in [2.45, 2.75) is 6.54 Å². The molecule has 0 radical (unpaired) electrons. The summed E-state index contributed by atoms with van der Waals surface area (Å²) in [6.07, 6.45) is 2.15. The molecule has 0 unspecified atom stereocenters. The monoisotopic (exact) mass is 252 g/mol. The van der Waals surface area contributed by atoms with Gasteiger partial charge in [-0.3, -0.25) is 0 Å². The number of anilines is 1. The van der Waals surface area contributed by atoms with E-state index in [1.165, 1.54) is 16.5 Å². The first-order valence-corrected chi connectivity index (χ1v) is 6.30. The van der Waals surface area contributed by atoms with Crippen LogP contribution < -0.4 is 5.32 Å². The molecule has 1 heterocycles. The average Bonchev–Trinajstić information content (AvgIpc) is 2.76. The molecule has 3 aromatic rings. The van der Waals surface area contributed by atoms with Crippen molar-refractivity contribution in [2.75, 3.05) is 5.32 Å². The van der Waals surface area contributed by atoms with Crippen LogP contribution in [0.5, 0.6) is 5.75 Å². The first-order valence-electron chi connectivity index (χ1n) is 6.30. The zero-order valence-corrected chi connectivity index (χ0v) is 10.8. The van der Waals surface area contributed by atoms with Crippen LogP contribution in [-0.2, 0) is 13.6 Å². The zero-order chi connectivity index (χ0) is 13.2. The van der Waals surface area contributed by atoms with Gasteiger partial charge < -0.3 is 15.0 Å². The smallest absolute Gasteiger partial charge is 0.115 e. The Hall–Kier alpha value is -2.42. The largest absolute Gasteiger partial charge is 0.508 e. The summed E-state index contributed by atoms with van der Waals surface area (Å²) in [6, 6.07) is 15.5. The number of phenolic OH excluding ortho intramolecular Hbond substituents is 1. The SMILES string of the molecule is Cn1cc(CNc2ccc(O)cc2)c2ccccc21. The standard InChI is InChI=1S/C16H16N2O/c1-18-11-12(15-4-2-3-5-16(15)18)10-17-13-6-8-14(19)9-7-13/h2-9,11,17,19H,10H2,1H3. The first kappa shape index (κ1) is 11.7. The van der Waals surface area contributed by atoms with Gasteiger partial charge in [0.25, 0.3) is 0 Å². The quantitative estimate of drug-likeness (QED) is 0.700. The van der Waals surface area contributed by atoms with Gasteiger partial charge >= 0.3 is 0 Å². The van der Waals surface area contributed by atoms with E-state index in [-0.39, 0.29) is 5.75 Å². The molecule has 3 nitrogen and oxygen atoms in total. The topological polar surface area (TPSA) is 37.2 Å². The molecule has 2 aromatic carbocycles. The van der Waals surface area contributed by atoms with Crippen LogP contribution in [-0.4, -0.2) is 9.67 Å². The summed E-state index contributed by atoms with van der Waals surface area (Å²) < 4.78 is 2.14. The molecule has 1 aromatic heterocycles. The fraction of sp³-hybridized carbons (Fsp3) is 0.125. The molecule has 3 rings (SSSR count). The first-order chi connectivity index (χ1) is 9.24. The van der Waals surface area contributed by atoms with Gasteiger partial charge in [-0.05, 0) is 35.9 Å². The van der Waals surface area contributed by atoms with Crippen LogP contribution in [0.4, 0.5) is 5.69 Å². The van der Waals surface area contributed by atoms with E-state index in [0.717, 1.165) is 12.2 Å². The van der Waals surface area contributed by atoms with Gasteiger partial charge in [0.2, 0.25) is 0 Å². The number of aryl methyl sites for hydroxylation is 1. The lowest BCUT2D eigenvalue weighted by Crippen LogP contribution is -1.98. The van der Waals surface area contributed by atoms with E-state index in [2.05, 4.69) is 47.4 Å². The van der Waals surface area contributed by atoms with Gasteiger partial charge in [0.05, 0.1) is 0 Å². The van der Waals surface area contributed by atoms with Gasteiger partial charge in [-0.1, -0.05) is 18.2 Å². The lowest BCUT2D eigenvalue weighted by Gasteiger charge is -2.05. The van der Waals surface area contributed by atoms with Crippen molar-refractivity contribution in [2.24, 2.45) is 7.05 Å². The number of aromatic nitrogens is 1. The van der Waals surface area contributed by atoms with E-state index in [9.17, 15) is 5.11 Å². The highest BCUT2D eigenvalue weighted by atomic mass is 16.3. The Labute approximate surface area is 112 Å². The maximum absolute atomic E-state index is 9.26. The number of fused-ring (bicyclic) bond motifs is 1. The molecule has 0 saturated carbocycles. The second kappa shape index (κ2) is 4.69. The molecule has 3 heteroatoms. The van der Waals surface area contributed by atoms with Crippen molar-refractivity contribution in [3.05, 3.63) is 60.3 Å². The minimum atomic E-state index is 0.288. The number of benzene rings is 2. The van der Waals surface area contributed by atoms with Crippen molar-refractivity contribution in [1.29, 1.82) is 0 Å². The third-order valence-corrected chi connectivity index (χ3v) is 3.33. The summed E-state index contributed by atoms with van der Waals surface area (Å²) in [6.45, 7) is 0.770. The van der Waals surface area contributed by atoms with Gasteiger partial charge in [0.1, 0.15) is 5.75 Å². The summed E-state index contributed by atoms with van der Waals surface area (Å²) in [5.41, 5.74) is 3.52. The minimum Gasteiger partial charge on any atom is -0.508 e. The molecule has 0 bridgehead atoms.